The topological polar surface area (TPSA) is 147 Å². The zero-order chi connectivity index (χ0) is 22.5. The lowest BCUT2D eigenvalue weighted by atomic mass is 10.0. The predicted octanol–water partition coefficient (Wildman–Crippen LogP) is 0.327. The van der Waals surface area contributed by atoms with Crippen LogP contribution in [-0.4, -0.2) is 79.9 Å². The van der Waals surface area contributed by atoms with Crippen LogP contribution in [0.4, 0.5) is 0 Å². The zero-order valence-electron chi connectivity index (χ0n) is 16.7. The number of ether oxygens (including phenoxy) is 1. The molecule has 2 N–H and O–H groups in total. The van der Waals surface area contributed by atoms with E-state index < -0.39 is 39.6 Å². The second-order valence-electron chi connectivity index (χ2n) is 6.76. The maximum atomic E-state index is 12.5. The second kappa shape index (κ2) is 9.81. The quantitative estimate of drug-likeness (QED) is 0.369. The van der Waals surface area contributed by atoms with Gasteiger partial charge in [-0.25, -0.2) is 13.2 Å². The van der Waals surface area contributed by atoms with Gasteiger partial charge in [0.1, 0.15) is 15.9 Å². The molecule has 1 aliphatic rings. The molecule has 0 spiro atoms. The van der Waals surface area contributed by atoms with E-state index in [0.717, 1.165) is 4.90 Å². The fourth-order valence-electron chi connectivity index (χ4n) is 2.94. The van der Waals surface area contributed by atoms with Gasteiger partial charge in [0.15, 0.2) is 0 Å². The highest BCUT2D eigenvalue weighted by atomic mass is 32.2. The van der Waals surface area contributed by atoms with Crippen molar-refractivity contribution in [2.45, 2.75) is 25.8 Å². The number of nitrogens with zero attached hydrogens (tertiary/aromatic N) is 1. The summed E-state index contributed by atoms with van der Waals surface area (Å²) in [6.45, 7) is 2.01. The van der Waals surface area contributed by atoms with E-state index in [4.69, 9.17) is 4.74 Å². The fourth-order valence-corrected chi connectivity index (χ4v) is 3.83. The molecule has 1 aromatic rings. The number of benzene rings is 1. The number of hydrogen-bond donors (Lipinski definition) is 2. The van der Waals surface area contributed by atoms with Gasteiger partial charge in [0.25, 0.3) is 17.7 Å². The lowest BCUT2D eigenvalue weighted by Crippen LogP contribution is -2.42. The van der Waals surface area contributed by atoms with E-state index in [0.29, 0.717) is 13.0 Å². The van der Waals surface area contributed by atoms with Crippen molar-refractivity contribution in [1.29, 1.82) is 0 Å². The summed E-state index contributed by atoms with van der Waals surface area (Å²) in [6.07, 6.45) is 0.184. The van der Waals surface area contributed by atoms with Crippen LogP contribution in [-0.2, 0) is 19.4 Å². The first-order valence-corrected chi connectivity index (χ1v) is 11.2. The number of nitrogens with one attached hydrogen (secondary N) is 1. The Labute approximate surface area is 174 Å². The Hall–Kier alpha value is -2.79. The monoisotopic (exact) mass is 440 g/mol. The number of imide groups is 1. The smallest absolute Gasteiger partial charge is 0.326 e. The summed E-state index contributed by atoms with van der Waals surface area (Å²) >= 11 is 0. The number of aliphatic carboxylic acids is 1. The number of hydrogen-bond acceptors (Lipinski definition) is 7. The van der Waals surface area contributed by atoms with Crippen LogP contribution in [0.15, 0.2) is 18.2 Å². The molecule has 1 heterocycles. The maximum absolute atomic E-state index is 12.5. The first-order valence-electron chi connectivity index (χ1n) is 9.34. The average molecular weight is 440 g/mol. The minimum Gasteiger partial charge on any atom is -0.480 e. The number of methoxy groups -OCH3 is 1. The summed E-state index contributed by atoms with van der Waals surface area (Å²) in [4.78, 5) is 49.9. The highest BCUT2D eigenvalue weighted by Gasteiger charge is 2.35. The van der Waals surface area contributed by atoms with Crippen molar-refractivity contribution >= 4 is 33.5 Å². The van der Waals surface area contributed by atoms with Gasteiger partial charge in [-0.1, -0.05) is 6.92 Å². The minimum atomic E-state index is -3.40. The SMILES string of the molecule is CCS(=O)(=O)CCC(NC(=O)c1ccc2c(c1)C(=O)N(CCCOC)C2=O)C(=O)O. The highest BCUT2D eigenvalue weighted by Crippen LogP contribution is 2.24. The summed E-state index contributed by atoms with van der Waals surface area (Å²) < 4.78 is 28.1. The molecule has 0 saturated heterocycles. The Bertz CT molecular complexity index is 957. The van der Waals surface area contributed by atoms with Crippen molar-refractivity contribution in [2.24, 2.45) is 0 Å². The standard InChI is InChI=1S/C19H24N2O8S/c1-3-30(27,28)10-7-15(19(25)26)20-16(22)12-5-6-13-14(11-12)18(24)21(17(13)23)8-4-9-29-2/h5-6,11,15H,3-4,7-10H2,1-2H3,(H,20,22)(H,25,26). The molecule has 30 heavy (non-hydrogen) atoms. The first kappa shape index (κ1) is 23.5. The Balaban J connectivity index is 2.14. The minimum absolute atomic E-state index is 0.00163. The molecular weight excluding hydrogens is 416 g/mol. The maximum Gasteiger partial charge on any atom is 0.326 e. The number of carbonyl (C=O) groups excluding carboxylic acids is 3. The molecule has 1 unspecified atom stereocenters. The lowest BCUT2D eigenvalue weighted by Gasteiger charge is -2.14. The molecule has 11 heteroatoms. The normalized spacial score (nSPS) is 14.5. The number of carboxylic acid groups (broad SMARTS) is 1. The van der Waals surface area contributed by atoms with E-state index >= 15 is 0 Å². The Morgan fingerprint density at radius 2 is 1.87 bits per heavy atom. The number of rotatable bonds is 11. The van der Waals surface area contributed by atoms with Crippen LogP contribution in [0.5, 0.6) is 0 Å². The largest absolute Gasteiger partial charge is 0.480 e. The van der Waals surface area contributed by atoms with Crippen molar-refractivity contribution in [3.8, 4) is 0 Å². The summed E-state index contributed by atoms with van der Waals surface area (Å²) in [5.41, 5.74) is 0.224. The molecule has 10 nitrogen and oxygen atoms in total. The van der Waals surface area contributed by atoms with Crippen molar-refractivity contribution < 1.29 is 37.4 Å². The van der Waals surface area contributed by atoms with E-state index in [1.165, 1.54) is 32.2 Å². The second-order valence-corrected chi connectivity index (χ2v) is 9.23. The number of carboxylic acids is 1. The van der Waals surface area contributed by atoms with Gasteiger partial charge in [-0.15, -0.1) is 0 Å². The van der Waals surface area contributed by atoms with Crippen LogP contribution in [0, 0.1) is 0 Å². The van der Waals surface area contributed by atoms with Gasteiger partial charge in [-0.2, -0.15) is 0 Å². The average Bonchev–Trinajstić information content (AvgIpc) is 2.95. The fraction of sp³-hybridized carbons (Fsp3) is 0.474. The van der Waals surface area contributed by atoms with Gasteiger partial charge < -0.3 is 15.2 Å². The Kier molecular flexibility index (Phi) is 7.68. The van der Waals surface area contributed by atoms with Gasteiger partial charge in [0, 0.05) is 31.6 Å². The third kappa shape index (κ3) is 5.42. The van der Waals surface area contributed by atoms with E-state index in [1.807, 2.05) is 0 Å². The van der Waals surface area contributed by atoms with Crippen molar-refractivity contribution in [1.82, 2.24) is 10.2 Å². The number of sulfone groups is 1. The van der Waals surface area contributed by atoms with Crippen LogP contribution in [0.3, 0.4) is 0 Å². The third-order valence-electron chi connectivity index (χ3n) is 4.72. The number of carbonyl (C=O) groups is 4. The summed E-state index contributed by atoms with van der Waals surface area (Å²) in [7, 11) is -1.89. The van der Waals surface area contributed by atoms with E-state index in [1.54, 1.807) is 0 Å². The van der Waals surface area contributed by atoms with Gasteiger partial charge >= 0.3 is 5.97 Å². The summed E-state index contributed by atoms with van der Waals surface area (Å²) in [6, 6.07) is 2.50. The van der Waals surface area contributed by atoms with Crippen molar-refractivity contribution in [2.75, 3.05) is 31.8 Å². The molecule has 3 amide bonds. The molecule has 1 atom stereocenters. The van der Waals surface area contributed by atoms with Crippen molar-refractivity contribution in [3.63, 3.8) is 0 Å². The molecule has 0 saturated carbocycles. The molecule has 0 bridgehead atoms. The van der Waals surface area contributed by atoms with Crippen LogP contribution in [0.25, 0.3) is 0 Å². The van der Waals surface area contributed by atoms with Crippen LogP contribution in [0.2, 0.25) is 0 Å². The highest BCUT2D eigenvalue weighted by molar-refractivity contribution is 7.91. The van der Waals surface area contributed by atoms with E-state index in [9.17, 15) is 32.7 Å². The third-order valence-corrected chi connectivity index (χ3v) is 6.46. The first-order chi connectivity index (χ1) is 14.1. The summed E-state index contributed by atoms with van der Waals surface area (Å²) in [5.74, 6) is -3.66. The van der Waals surface area contributed by atoms with Gasteiger partial charge in [-0.3, -0.25) is 19.3 Å². The molecular formula is C19H24N2O8S. The van der Waals surface area contributed by atoms with E-state index in [2.05, 4.69) is 5.32 Å². The molecule has 1 aliphatic heterocycles. The predicted molar refractivity (Wildman–Crippen MR) is 106 cm³/mol. The molecule has 164 valence electrons. The number of fused-ring (bicyclic) bond motifs is 1. The Morgan fingerprint density at radius 3 is 2.47 bits per heavy atom. The molecule has 2 rings (SSSR count). The van der Waals surface area contributed by atoms with Gasteiger partial charge in [0.05, 0.1) is 16.9 Å². The van der Waals surface area contributed by atoms with Crippen LogP contribution >= 0.6 is 0 Å². The molecule has 1 aromatic carbocycles. The summed E-state index contributed by atoms with van der Waals surface area (Å²) in [5, 5.41) is 11.6. The molecule has 0 radical (unpaired) electrons. The zero-order valence-corrected chi connectivity index (χ0v) is 17.5. The van der Waals surface area contributed by atoms with Crippen molar-refractivity contribution in [3.05, 3.63) is 34.9 Å². The van der Waals surface area contributed by atoms with Crippen LogP contribution < -0.4 is 5.32 Å². The molecule has 0 aromatic heterocycles. The van der Waals surface area contributed by atoms with Gasteiger partial charge in [-0.05, 0) is 31.0 Å². The van der Waals surface area contributed by atoms with Gasteiger partial charge in [0.2, 0.25) is 0 Å². The number of amides is 3. The Morgan fingerprint density at radius 1 is 1.20 bits per heavy atom. The molecule has 0 aliphatic carbocycles. The van der Waals surface area contributed by atoms with E-state index in [-0.39, 0.29) is 41.2 Å². The lowest BCUT2D eigenvalue weighted by molar-refractivity contribution is -0.139. The molecule has 0 fully saturated rings. The van der Waals surface area contributed by atoms with Crippen LogP contribution in [0.1, 0.15) is 50.8 Å².